The molecular formula is C9H6F3NO2. The highest BCUT2D eigenvalue weighted by Crippen LogP contribution is 2.29. The summed E-state index contributed by atoms with van der Waals surface area (Å²) in [6.07, 6.45) is -2.59. The molecule has 0 heterocycles. The zero-order valence-electron chi connectivity index (χ0n) is 7.36. The van der Waals surface area contributed by atoms with Crippen LogP contribution >= 0.6 is 0 Å². The first kappa shape index (κ1) is 11.2. The molecule has 0 atom stereocenters. The minimum atomic E-state index is -4.38. The van der Waals surface area contributed by atoms with Crippen LogP contribution in [0.3, 0.4) is 0 Å². The first-order valence-electron chi connectivity index (χ1n) is 3.88. The van der Waals surface area contributed by atoms with Crippen LogP contribution in [-0.2, 0) is 6.18 Å². The molecule has 0 fully saturated rings. The van der Waals surface area contributed by atoms with Crippen molar-refractivity contribution < 1.29 is 18.1 Å². The second-order valence-electron chi connectivity index (χ2n) is 2.72. The Labute approximate surface area is 83.0 Å². The van der Waals surface area contributed by atoms with E-state index in [0.29, 0.717) is 11.8 Å². The van der Waals surface area contributed by atoms with Gasteiger partial charge in [-0.1, -0.05) is 12.1 Å². The summed E-state index contributed by atoms with van der Waals surface area (Å²) in [5, 5.41) is 9.94. The minimum absolute atomic E-state index is 0.347. The van der Waals surface area contributed by atoms with Gasteiger partial charge in [-0.3, -0.25) is 10.1 Å². The summed E-state index contributed by atoms with van der Waals surface area (Å²) < 4.78 is 36.3. The van der Waals surface area contributed by atoms with Crippen LogP contribution in [0.25, 0.3) is 6.08 Å². The molecule has 0 aliphatic heterocycles. The summed E-state index contributed by atoms with van der Waals surface area (Å²) in [5.74, 6) is 0. The van der Waals surface area contributed by atoms with E-state index in [0.717, 1.165) is 18.2 Å². The normalized spacial score (nSPS) is 11.9. The molecular weight excluding hydrogens is 211 g/mol. The second kappa shape index (κ2) is 4.12. The molecule has 1 aromatic rings. The second-order valence-corrected chi connectivity index (χ2v) is 2.72. The predicted octanol–water partition coefficient (Wildman–Crippen LogP) is 2.95. The molecule has 0 saturated carbocycles. The summed E-state index contributed by atoms with van der Waals surface area (Å²) in [6, 6.07) is 4.09. The average molecular weight is 217 g/mol. The molecule has 6 heteroatoms. The van der Waals surface area contributed by atoms with Gasteiger partial charge in [0, 0.05) is 6.08 Å². The molecule has 0 aliphatic rings. The summed E-state index contributed by atoms with van der Waals surface area (Å²) in [6.45, 7) is 0. The molecule has 0 aromatic heterocycles. The van der Waals surface area contributed by atoms with Gasteiger partial charge in [0.2, 0.25) is 6.20 Å². The van der Waals surface area contributed by atoms with Crippen LogP contribution < -0.4 is 0 Å². The lowest BCUT2D eigenvalue weighted by Crippen LogP contribution is -2.03. The van der Waals surface area contributed by atoms with Crippen LogP contribution in [0.1, 0.15) is 11.1 Å². The van der Waals surface area contributed by atoms with Crippen molar-refractivity contribution in [2.24, 2.45) is 0 Å². The number of alkyl halides is 3. The van der Waals surface area contributed by atoms with Crippen LogP contribution in [0.5, 0.6) is 0 Å². The summed E-state index contributed by atoms with van der Waals surface area (Å²) in [5.41, 5.74) is -0.430. The van der Waals surface area contributed by atoms with Crippen LogP contribution in [-0.4, -0.2) is 4.92 Å². The van der Waals surface area contributed by atoms with Crippen molar-refractivity contribution in [1.29, 1.82) is 0 Å². The Bertz CT molecular complexity index is 381. The van der Waals surface area contributed by atoms with Gasteiger partial charge in [0.15, 0.2) is 0 Å². The first-order chi connectivity index (χ1) is 6.89. The number of nitrogens with zero attached hydrogens (tertiary/aromatic N) is 1. The van der Waals surface area contributed by atoms with Gasteiger partial charge >= 0.3 is 6.18 Å². The van der Waals surface area contributed by atoms with Gasteiger partial charge in [0.1, 0.15) is 0 Å². The molecule has 80 valence electrons. The van der Waals surface area contributed by atoms with E-state index >= 15 is 0 Å². The highest BCUT2D eigenvalue weighted by atomic mass is 19.4. The maximum atomic E-state index is 12.1. The Balaban J connectivity index is 2.86. The molecule has 3 nitrogen and oxygen atoms in total. The Kier molecular flexibility index (Phi) is 3.08. The minimum Gasteiger partial charge on any atom is -0.259 e. The van der Waals surface area contributed by atoms with Crippen molar-refractivity contribution in [2.75, 3.05) is 0 Å². The molecule has 1 aromatic carbocycles. The Morgan fingerprint density at radius 3 is 2.13 bits per heavy atom. The summed E-state index contributed by atoms with van der Waals surface area (Å²) >= 11 is 0. The van der Waals surface area contributed by atoms with Crippen LogP contribution in [0.4, 0.5) is 13.2 Å². The smallest absolute Gasteiger partial charge is 0.259 e. The standard InChI is InChI=1S/C9H6F3NO2/c10-9(11,12)8-3-1-7(2-4-8)5-6-13(14)15/h1-6H. The summed E-state index contributed by atoms with van der Waals surface area (Å²) in [4.78, 5) is 9.25. The lowest BCUT2D eigenvalue weighted by Gasteiger charge is -2.05. The molecule has 0 amide bonds. The third kappa shape index (κ3) is 3.41. The molecule has 0 radical (unpaired) electrons. The topological polar surface area (TPSA) is 43.1 Å². The van der Waals surface area contributed by atoms with E-state index in [9.17, 15) is 23.3 Å². The molecule has 0 saturated heterocycles. The Hall–Kier alpha value is -1.85. The van der Waals surface area contributed by atoms with Gasteiger partial charge in [-0.2, -0.15) is 13.2 Å². The van der Waals surface area contributed by atoms with E-state index in [-0.39, 0.29) is 0 Å². The number of hydrogen-bond acceptors (Lipinski definition) is 2. The number of halogens is 3. The van der Waals surface area contributed by atoms with Gasteiger partial charge in [-0.15, -0.1) is 0 Å². The van der Waals surface area contributed by atoms with Crippen molar-refractivity contribution in [2.45, 2.75) is 6.18 Å². The number of hydrogen-bond donors (Lipinski definition) is 0. The molecule has 0 spiro atoms. The van der Waals surface area contributed by atoms with E-state index in [4.69, 9.17) is 0 Å². The Morgan fingerprint density at radius 2 is 1.73 bits per heavy atom. The van der Waals surface area contributed by atoms with Gasteiger partial charge in [-0.05, 0) is 17.7 Å². The van der Waals surface area contributed by atoms with Gasteiger partial charge in [0.25, 0.3) is 0 Å². The first-order valence-corrected chi connectivity index (χ1v) is 3.88. The quantitative estimate of drug-likeness (QED) is 0.564. The number of nitro groups is 1. The van der Waals surface area contributed by atoms with Gasteiger partial charge < -0.3 is 0 Å². The van der Waals surface area contributed by atoms with E-state index in [1.807, 2.05) is 0 Å². The SMILES string of the molecule is O=[N+]([O-])C=Cc1ccc(C(F)(F)F)cc1. The fourth-order valence-corrected chi connectivity index (χ4v) is 0.930. The fraction of sp³-hybridized carbons (Fsp3) is 0.111. The van der Waals surface area contributed by atoms with Crippen molar-refractivity contribution in [3.63, 3.8) is 0 Å². The molecule has 0 bridgehead atoms. The third-order valence-corrected chi connectivity index (χ3v) is 1.63. The largest absolute Gasteiger partial charge is 0.416 e. The zero-order valence-corrected chi connectivity index (χ0v) is 7.36. The van der Waals surface area contributed by atoms with Crippen molar-refractivity contribution in [1.82, 2.24) is 0 Å². The number of benzene rings is 1. The maximum absolute atomic E-state index is 12.1. The predicted molar refractivity (Wildman–Crippen MR) is 47.5 cm³/mol. The highest BCUT2D eigenvalue weighted by molar-refractivity contribution is 5.48. The zero-order chi connectivity index (χ0) is 11.5. The highest BCUT2D eigenvalue weighted by Gasteiger charge is 2.29. The van der Waals surface area contributed by atoms with E-state index < -0.39 is 16.7 Å². The lowest BCUT2D eigenvalue weighted by atomic mass is 10.1. The molecule has 0 N–H and O–H groups in total. The average Bonchev–Trinajstić information content (AvgIpc) is 2.14. The van der Waals surface area contributed by atoms with E-state index in [1.54, 1.807) is 0 Å². The van der Waals surface area contributed by atoms with E-state index in [2.05, 4.69) is 0 Å². The molecule has 1 rings (SSSR count). The van der Waals surface area contributed by atoms with Crippen LogP contribution in [0, 0.1) is 10.1 Å². The van der Waals surface area contributed by atoms with Crippen LogP contribution in [0.15, 0.2) is 30.5 Å². The number of rotatable bonds is 2. The Morgan fingerprint density at radius 1 is 1.20 bits per heavy atom. The summed E-state index contributed by atoms with van der Waals surface area (Å²) in [7, 11) is 0. The molecule has 0 unspecified atom stereocenters. The molecule has 0 aliphatic carbocycles. The van der Waals surface area contributed by atoms with Crippen molar-refractivity contribution in [3.05, 3.63) is 51.7 Å². The lowest BCUT2D eigenvalue weighted by molar-refractivity contribution is -0.400. The van der Waals surface area contributed by atoms with Crippen molar-refractivity contribution >= 4 is 6.08 Å². The van der Waals surface area contributed by atoms with Crippen LogP contribution in [0.2, 0.25) is 0 Å². The monoisotopic (exact) mass is 217 g/mol. The maximum Gasteiger partial charge on any atom is 0.416 e. The van der Waals surface area contributed by atoms with Crippen molar-refractivity contribution in [3.8, 4) is 0 Å². The van der Waals surface area contributed by atoms with Gasteiger partial charge in [0.05, 0.1) is 10.5 Å². The fourth-order valence-electron chi connectivity index (χ4n) is 0.930. The van der Waals surface area contributed by atoms with E-state index in [1.165, 1.54) is 12.1 Å². The third-order valence-electron chi connectivity index (χ3n) is 1.63. The van der Waals surface area contributed by atoms with Gasteiger partial charge in [-0.25, -0.2) is 0 Å². The molecule has 15 heavy (non-hydrogen) atoms.